The summed E-state index contributed by atoms with van der Waals surface area (Å²) in [5.41, 5.74) is 1.60. The molecule has 2 fully saturated rings. The van der Waals surface area contributed by atoms with Crippen LogP contribution in [0.5, 0.6) is 0 Å². The fourth-order valence-electron chi connectivity index (χ4n) is 2.07. The van der Waals surface area contributed by atoms with Crippen molar-refractivity contribution in [2.45, 2.75) is 38.2 Å². The highest BCUT2D eigenvalue weighted by atomic mass is 35.5. The predicted molar refractivity (Wildman–Crippen MR) is 61.0 cm³/mol. The van der Waals surface area contributed by atoms with Crippen LogP contribution in [-0.2, 0) is 4.74 Å². The summed E-state index contributed by atoms with van der Waals surface area (Å²) in [6.07, 6.45) is 9.08. The Morgan fingerprint density at radius 3 is 2.64 bits per heavy atom. The SMILES string of the molecule is C(=C1CCNCC1)C1CCCCO1.Cl. The van der Waals surface area contributed by atoms with E-state index in [1.54, 1.807) is 5.57 Å². The minimum Gasteiger partial charge on any atom is -0.374 e. The number of hydrogen-bond acceptors (Lipinski definition) is 2. The highest BCUT2D eigenvalue weighted by Crippen LogP contribution is 2.18. The van der Waals surface area contributed by atoms with Gasteiger partial charge in [-0.2, -0.15) is 0 Å². The highest BCUT2D eigenvalue weighted by Gasteiger charge is 2.13. The Morgan fingerprint density at radius 2 is 2.00 bits per heavy atom. The van der Waals surface area contributed by atoms with Crippen molar-refractivity contribution >= 4 is 12.4 Å². The van der Waals surface area contributed by atoms with Crippen LogP contribution in [0.2, 0.25) is 0 Å². The molecule has 1 unspecified atom stereocenters. The molecule has 2 saturated heterocycles. The smallest absolute Gasteiger partial charge is 0.0758 e. The molecule has 0 saturated carbocycles. The van der Waals surface area contributed by atoms with E-state index >= 15 is 0 Å². The summed E-state index contributed by atoms with van der Waals surface area (Å²) >= 11 is 0. The van der Waals surface area contributed by atoms with E-state index < -0.39 is 0 Å². The van der Waals surface area contributed by atoms with E-state index in [0.717, 1.165) is 19.7 Å². The van der Waals surface area contributed by atoms with Gasteiger partial charge in [-0.1, -0.05) is 11.6 Å². The molecule has 14 heavy (non-hydrogen) atoms. The number of ether oxygens (including phenoxy) is 1. The van der Waals surface area contributed by atoms with Gasteiger partial charge < -0.3 is 10.1 Å². The fourth-order valence-corrected chi connectivity index (χ4v) is 2.07. The molecular formula is C11H20ClNO. The maximum Gasteiger partial charge on any atom is 0.0758 e. The van der Waals surface area contributed by atoms with Gasteiger partial charge in [-0.05, 0) is 45.2 Å². The van der Waals surface area contributed by atoms with Crippen molar-refractivity contribution in [1.29, 1.82) is 0 Å². The monoisotopic (exact) mass is 217 g/mol. The summed E-state index contributed by atoms with van der Waals surface area (Å²) in [4.78, 5) is 0. The molecule has 0 aromatic carbocycles. The summed E-state index contributed by atoms with van der Waals surface area (Å²) < 4.78 is 5.68. The first kappa shape index (κ1) is 12.0. The van der Waals surface area contributed by atoms with Crippen molar-refractivity contribution < 1.29 is 4.74 Å². The average molecular weight is 218 g/mol. The van der Waals surface area contributed by atoms with E-state index in [4.69, 9.17) is 4.74 Å². The third-order valence-corrected chi connectivity index (χ3v) is 2.88. The fraction of sp³-hybridized carbons (Fsp3) is 0.818. The van der Waals surface area contributed by atoms with Crippen LogP contribution in [0.15, 0.2) is 11.6 Å². The molecule has 0 amide bonds. The minimum absolute atomic E-state index is 0. The molecule has 0 aliphatic carbocycles. The van der Waals surface area contributed by atoms with Gasteiger partial charge >= 0.3 is 0 Å². The van der Waals surface area contributed by atoms with Crippen molar-refractivity contribution in [1.82, 2.24) is 5.32 Å². The second kappa shape index (κ2) is 6.44. The summed E-state index contributed by atoms with van der Waals surface area (Å²) in [5.74, 6) is 0. The van der Waals surface area contributed by atoms with Crippen LogP contribution in [-0.4, -0.2) is 25.8 Å². The molecule has 1 atom stereocenters. The maximum atomic E-state index is 5.68. The largest absolute Gasteiger partial charge is 0.374 e. The Kier molecular flexibility index (Phi) is 5.53. The summed E-state index contributed by atoms with van der Waals surface area (Å²) in [7, 11) is 0. The quantitative estimate of drug-likeness (QED) is 0.681. The Labute approximate surface area is 92.5 Å². The van der Waals surface area contributed by atoms with Crippen LogP contribution < -0.4 is 5.32 Å². The lowest BCUT2D eigenvalue weighted by molar-refractivity contribution is 0.0458. The van der Waals surface area contributed by atoms with Gasteiger partial charge in [0.05, 0.1) is 6.10 Å². The molecule has 0 bridgehead atoms. The highest BCUT2D eigenvalue weighted by molar-refractivity contribution is 5.85. The lowest BCUT2D eigenvalue weighted by Gasteiger charge is -2.22. The molecule has 0 aromatic rings. The second-order valence-electron chi connectivity index (χ2n) is 3.98. The number of piperidine rings is 1. The Morgan fingerprint density at radius 1 is 1.21 bits per heavy atom. The van der Waals surface area contributed by atoms with Crippen LogP contribution in [0, 0.1) is 0 Å². The van der Waals surface area contributed by atoms with Crippen molar-refractivity contribution in [2.24, 2.45) is 0 Å². The van der Waals surface area contributed by atoms with Crippen molar-refractivity contribution in [3.8, 4) is 0 Å². The number of nitrogens with one attached hydrogen (secondary N) is 1. The zero-order chi connectivity index (χ0) is 8.93. The predicted octanol–water partition coefficient (Wildman–Crippen LogP) is 2.29. The van der Waals surface area contributed by atoms with Gasteiger partial charge in [0.25, 0.3) is 0 Å². The maximum absolute atomic E-state index is 5.68. The second-order valence-corrected chi connectivity index (χ2v) is 3.98. The molecule has 0 radical (unpaired) electrons. The molecular weight excluding hydrogens is 198 g/mol. The van der Waals surface area contributed by atoms with Crippen LogP contribution in [0.4, 0.5) is 0 Å². The molecule has 2 rings (SSSR count). The van der Waals surface area contributed by atoms with E-state index in [-0.39, 0.29) is 12.4 Å². The first-order chi connectivity index (χ1) is 6.45. The Bertz CT molecular complexity index is 180. The zero-order valence-electron chi connectivity index (χ0n) is 8.63. The van der Waals surface area contributed by atoms with E-state index in [2.05, 4.69) is 11.4 Å². The summed E-state index contributed by atoms with van der Waals surface area (Å²) in [6, 6.07) is 0. The molecule has 2 aliphatic heterocycles. The number of halogens is 1. The standard InChI is InChI=1S/C11H19NO.ClH/c1-2-8-13-11(3-1)9-10-4-6-12-7-5-10;/h9,11-12H,1-8H2;1H. The van der Waals surface area contributed by atoms with Crippen LogP contribution >= 0.6 is 12.4 Å². The van der Waals surface area contributed by atoms with Gasteiger partial charge in [0.15, 0.2) is 0 Å². The summed E-state index contributed by atoms with van der Waals surface area (Å²) in [6.45, 7) is 3.27. The molecule has 0 spiro atoms. The summed E-state index contributed by atoms with van der Waals surface area (Å²) in [5, 5.41) is 3.37. The van der Waals surface area contributed by atoms with Crippen molar-refractivity contribution in [3.05, 3.63) is 11.6 Å². The first-order valence-corrected chi connectivity index (χ1v) is 5.47. The van der Waals surface area contributed by atoms with Crippen LogP contribution in [0.25, 0.3) is 0 Å². The lowest BCUT2D eigenvalue weighted by atomic mass is 10.0. The van der Waals surface area contributed by atoms with Gasteiger partial charge in [0, 0.05) is 6.61 Å². The Hall–Kier alpha value is -0.0500. The van der Waals surface area contributed by atoms with Crippen molar-refractivity contribution in [3.63, 3.8) is 0 Å². The van der Waals surface area contributed by atoms with Crippen molar-refractivity contribution in [2.75, 3.05) is 19.7 Å². The van der Waals surface area contributed by atoms with Gasteiger partial charge in [-0.25, -0.2) is 0 Å². The molecule has 82 valence electrons. The zero-order valence-corrected chi connectivity index (χ0v) is 9.44. The lowest BCUT2D eigenvalue weighted by Crippen LogP contribution is -2.24. The average Bonchev–Trinajstić information content (AvgIpc) is 2.21. The van der Waals surface area contributed by atoms with E-state index in [1.807, 2.05) is 0 Å². The Balaban J connectivity index is 0.000000980. The van der Waals surface area contributed by atoms with E-state index in [1.165, 1.54) is 32.1 Å². The normalized spacial score (nSPS) is 28.0. The molecule has 2 aliphatic rings. The van der Waals surface area contributed by atoms with Crippen LogP contribution in [0.3, 0.4) is 0 Å². The molecule has 2 heterocycles. The van der Waals surface area contributed by atoms with Gasteiger partial charge in [0.1, 0.15) is 0 Å². The molecule has 0 aromatic heterocycles. The van der Waals surface area contributed by atoms with Gasteiger partial charge in [-0.3, -0.25) is 0 Å². The molecule has 1 N–H and O–H groups in total. The number of hydrogen-bond donors (Lipinski definition) is 1. The third kappa shape index (κ3) is 3.60. The molecule has 2 nitrogen and oxygen atoms in total. The minimum atomic E-state index is 0. The van der Waals surface area contributed by atoms with Crippen LogP contribution in [0.1, 0.15) is 32.1 Å². The third-order valence-electron chi connectivity index (χ3n) is 2.88. The molecule has 3 heteroatoms. The van der Waals surface area contributed by atoms with E-state index in [9.17, 15) is 0 Å². The first-order valence-electron chi connectivity index (χ1n) is 5.47. The number of rotatable bonds is 1. The topological polar surface area (TPSA) is 21.3 Å². The van der Waals surface area contributed by atoms with E-state index in [0.29, 0.717) is 6.10 Å². The van der Waals surface area contributed by atoms with Gasteiger partial charge in [0.2, 0.25) is 0 Å². The van der Waals surface area contributed by atoms with Gasteiger partial charge in [-0.15, -0.1) is 12.4 Å².